The van der Waals surface area contributed by atoms with E-state index in [1.54, 1.807) is 17.2 Å². The molecule has 0 aliphatic carbocycles. The van der Waals surface area contributed by atoms with Crippen molar-refractivity contribution in [2.75, 3.05) is 28.8 Å². The predicted molar refractivity (Wildman–Crippen MR) is 61.0 cm³/mol. The summed E-state index contributed by atoms with van der Waals surface area (Å²) in [6.07, 6.45) is 2.30. The number of hydrogen-bond acceptors (Lipinski definition) is 6. The highest BCUT2D eigenvalue weighted by molar-refractivity contribution is 8.24. The van der Waals surface area contributed by atoms with E-state index < -0.39 is 10.6 Å². The summed E-state index contributed by atoms with van der Waals surface area (Å²) in [5.41, 5.74) is 5.54. The van der Waals surface area contributed by atoms with Gasteiger partial charge in [0.2, 0.25) is 5.95 Å². The molecule has 7 heteroatoms. The highest BCUT2D eigenvalue weighted by atomic mass is 32.3. The lowest BCUT2D eigenvalue weighted by Gasteiger charge is -2.41. The van der Waals surface area contributed by atoms with Crippen molar-refractivity contribution in [1.29, 1.82) is 0 Å². The average Bonchev–Trinajstić information content (AvgIpc) is 2.16. The molecule has 0 amide bonds. The third-order valence-corrected chi connectivity index (χ3v) is 3.88. The molecule has 6 nitrogen and oxygen atoms in total. The third-order valence-electron chi connectivity index (χ3n) is 2.21. The predicted octanol–water partition coefficient (Wildman–Crippen LogP) is 0.977. The van der Waals surface area contributed by atoms with Gasteiger partial charge in [-0.3, -0.25) is 9.11 Å². The van der Waals surface area contributed by atoms with Crippen LogP contribution < -0.4 is 10.6 Å². The molecule has 84 valence electrons. The maximum Gasteiger partial charge on any atom is 0.228 e. The molecular weight excluding hydrogens is 216 g/mol. The molecule has 0 radical (unpaired) electrons. The van der Waals surface area contributed by atoms with Gasteiger partial charge in [0.05, 0.1) is 0 Å². The van der Waals surface area contributed by atoms with Crippen molar-refractivity contribution in [1.82, 2.24) is 9.97 Å². The maximum absolute atomic E-state index is 9.59. The lowest BCUT2D eigenvalue weighted by atomic mass is 10.4. The Morgan fingerprint density at radius 2 is 2.27 bits per heavy atom. The van der Waals surface area contributed by atoms with Crippen LogP contribution in [0.4, 0.5) is 11.8 Å². The van der Waals surface area contributed by atoms with Crippen LogP contribution in [0.2, 0.25) is 0 Å². The zero-order chi connectivity index (χ0) is 10.9. The highest BCUT2D eigenvalue weighted by Crippen LogP contribution is 2.43. The summed E-state index contributed by atoms with van der Waals surface area (Å²) in [6, 6.07) is 1.60. The van der Waals surface area contributed by atoms with E-state index in [2.05, 4.69) is 9.97 Å². The zero-order valence-corrected chi connectivity index (χ0v) is 9.02. The van der Waals surface area contributed by atoms with Gasteiger partial charge in [0.15, 0.2) is 0 Å². The van der Waals surface area contributed by atoms with Gasteiger partial charge in [0, 0.05) is 18.5 Å². The van der Waals surface area contributed by atoms with Crippen LogP contribution in [0.15, 0.2) is 12.3 Å². The Morgan fingerprint density at radius 3 is 2.93 bits per heavy atom. The Hall–Kier alpha value is -1.05. The van der Waals surface area contributed by atoms with Crippen molar-refractivity contribution in [2.45, 2.75) is 6.42 Å². The molecule has 0 bridgehead atoms. The smallest absolute Gasteiger partial charge is 0.228 e. The summed E-state index contributed by atoms with van der Waals surface area (Å²) in [5.74, 6) is 1.53. The molecule has 0 unspecified atom stereocenters. The van der Waals surface area contributed by atoms with Gasteiger partial charge in [-0.25, -0.2) is 4.98 Å². The Morgan fingerprint density at radius 1 is 1.47 bits per heavy atom. The van der Waals surface area contributed by atoms with Crippen molar-refractivity contribution in [3.63, 3.8) is 0 Å². The molecule has 1 aliphatic heterocycles. The minimum Gasteiger partial charge on any atom is -0.384 e. The van der Waals surface area contributed by atoms with E-state index >= 15 is 0 Å². The molecule has 0 saturated carbocycles. The van der Waals surface area contributed by atoms with E-state index in [-0.39, 0.29) is 5.88 Å². The molecule has 0 spiro atoms. The lowest BCUT2D eigenvalue weighted by molar-refractivity contribution is 0.473. The topological polar surface area (TPSA) is 95.5 Å². The highest BCUT2D eigenvalue weighted by Gasteiger charge is 2.24. The lowest BCUT2D eigenvalue weighted by Crippen LogP contribution is -2.36. The first kappa shape index (κ1) is 10.5. The first-order valence-electron chi connectivity index (χ1n) is 4.64. The molecule has 1 saturated heterocycles. The third kappa shape index (κ3) is 2.49. The second-order valence-electron chi connectivity index (χ2n) is 3.53. The quantitative estimate of drug-likeness (QED) is 0.665. The first-order chi connectivity index (χ1) is 7.07. The molecule has 2 heterocycles. The second-order valence-corrected chi connectivity index (χ2v) is 5.80. The fourth-order valence-corrected chi connectivity index (χ4v) is 3.00. The summed E-state index contributed by atoms with van der Waals surface area (Å²) in [7, 11) is -2.49. The van der Waals surface area contributed by atoms with Gasteiger partial charge in [-0.1, -0.05) is 0 Å². The summed E-state index contributed by atoms with van der Waals surface area (Å²) < 4.78 is 19.2. The Bertz CT molecular complexity index is 360. The minimum atomic E-state index is -2.49. The molecule has 0 atom stereocenters. The van der Waals surface area contributed by atoms with Crippen LogP contribution in [0, 0.1) is 0 Å². The number of hydrogen-bond donors (Lipinski definition) is 3. The van der Waals surface area contributed by atoms with E-state index in [0.717, 1.165) is 13.0 Å². The SMILES string of the molecule is Nc1ccnc(N2CCCS(O)(O)C2)n1. The number of rotatable bonds is 1. The molecule has 4 N–H and O–H groups in total. The van der Waals surface area contributed by atoms with Crippen molar-refractivity contribution in [2.24, 2.45) is 0 Å². The normalized spacial score (nSPS) is 22.4. The summed E-state index contributed by atoms with van der Waals surface area (Å²) in [4.78, 5) is 9.86. The van der Waals surface area contributed by atoms with E-state index in [9.17, 15) is 9.11 Å². The van der Waals surface area contributed by atoms with Crippen LogP contribution in [-0.2, 0) is 0 Å². The molecule has 1 aliphatic rings. The number of nitrogens with two attached hydrogens (primary N) is 1. The van der Waals surface area contributed by atoms with E-state index in [4.69, 9.17) is 5.73 Å². The van der Waals surface area contributed by atoms with Crippen LogP contribution in [0.1, 0.15) is 6.42 Å². The van der Waals surface area contributed by atoms with Gasteiger partial charge in [0.25, 0.3) is 0 Å². The van der Waals surface area contributed by atoms with Crippen LogP contribution in [-0.4, -0.2) is 37.2 Å². The Balaban J connectivity index is 2.17. The minimum absolute atomic E-state index is 0.205. The molecule has 1 fully saturated rings. The largest absolute Gasteiger partial charge is 0.384 e. The zero-order valence-electron chi connectivity index (χ0n) is 8.20. The number of anilines is 2. The van der Waals surface area contributed by atoms with Crippen molar-refractivity contribution >= 4 is 22.4 Å². The van der Waals surface area contributed by atoms with Crippen LogP contribution in [0.25, 0.3) is 0 Å². The first-order valence-corrected chi connectivity index (χ1v) is 6.52. The van der Waals surface area contributed by atoms with Gasteiger partial charge >= 0.3 is 0 Å². The number of aromatic nitrogens is 2. The standard InChI is InChI=1S/C8H14N4O2S/c9-7-2-3-10-8(11-7)12-4-1-5-15(13,14)6-12/h2-3,13-14H,1,4-6H2,(H2,9,10,11). The van der Waals surface area contributed by atoms with E-state index in [0.29, 0.717) is 17.5 Å². The van der Waals surface area contributed by atoms with Gasteiger partial charge in [-0.15, -0.1) is 0 Å². The molecule has 1 aromatic rings. The van der Waals surface area contributed by atoms with E-state index in [1.807, 2.05) is 0 Å². The molecule has 1 aromatic heterocycles. The molecular formula is C8H14N4O2S. The van der Waals surface area contributed by atoms with Crippen LogP contribution in [0.3, 0.4) is 0 Å². The van der Waals surface area contributed by atoms with Gasteiger partial charge in [-0.05, 0) is 12.5 Å². The average molecular weight is 230 g/mol. The fraction of sp³-hybridized carbons (Fsp3) is 0.500. The number of nitrogens with zero attached hydrogens (tertiary/aromatic N) is 3. The van der Waals surface area contributed by atoms with E-state index in [1.165, 1.54) is 0 Å². The van der Waals surface area contributed by atoms with Gasteiger partial charge in [-0.2, -0.15) is 15.6 Å². The Labute approximate surface area is 89.5 Å². The van der Waals surface area contributed by atoms with Crippen LogP contribution in [0.5, 0.6) is 0 Å². The molecule has 2 rings (SSSR count). The maximum atomic E-state index is 9.59. The monoisotopic (exact) mass is 230 g/mol. The summed E-state index contributed by atoms with van der Waals surface area (Å²) >= 11 is 0. The fourth-order valence-electron chi connectivity index (χ4n) is 1.54. The second kappa shape index (κ2) is 3.84. The number of nitrogen functional groups attached to an aromatic ring is 1. The Kier molecular flexibility index (Phi) is 2.68. The van der Waals surface area contributed by atoms with Crippen LogP contribution >= 0.6 is 10.6 Å². The van der Waals surface area contributed by atoms with Gasteiger partial charge in [0.1, 0.15) is 11.7 Å². The summed E-state index contributed by atoms with van der Waals surface area (Å²) in [6.45, 7) is 0.735. The van der Waals surface area contributed by atoms with Crippen molar-refractivity contribution in [3.05, 3.63) is 12.3 Å². The van der Waals surface area contributed by atoms with Crippen molar-refractivity contribution < 1.29 is 9.11 Å². The van der Waals surface area contributed by atoms with Crippen molar-refractivity contribution in [3.8, 4) is 0 Å². The molecule has 15 heavy (non-hydrogen) atoms. The summed E-state index contributed by atoms with van der Waals surface area (Å²) in [5, 5.41) is 0. The molecule has 0 aromatic carbocycles. The van der Waals surface area contributed by atoms with Gasteiger partial charge < -0.3 is 10.6 Å².